The first-order valence-corrected chi connectivity index (χ1v) is 7.47. The van der Waals surface area contributed by atoms with Crippen molar-refractivity contribution in [2.45, 2.75) is 39.5 Å². The molecule has 1 aromatic heterocycles. The summed E-state index contributed by atoms with van der Waals surface area (Å²) in [5.41, 5.74) is 0.263. The van der Waals surface area contributed by atoms with E-state index in [1.807, 2.05) is 12.1 Å². The number of hydrogen-bond acceptors (Lipinski definition) is 2. The molecule has 0 saturated heterocycles. The molecular formula is C14H22BrNO. The molecule has 17 heavy (non-hydrogen) atoms. The summed E-state index contributed by atoms with van der Waals surface area (Å²) in [4.78, 5) is 4.07. The van der Waals surface area contributed by atoms with E-state index in [0.717, 1.165) is 17.7 Å². The van der Waals surface area contributed by atoms with Crippen molar-refractivity contribution in [3.63, 3.8) is 0 Å². The van der Waals surface area contributed by atoms with Gasteiger partial charge >= 0.3 is 0 Å². The van der Waals surface area contributed by atoms with Gasteiger partial charge < -0.3 is 4.74 Å². The average Bonchev–Trinajstić information content (AvgIpc) is 2.38. The van der Waals surface area contributed by atoms with Crippen LogP contribution in [0, 0.1) is 5.41 Å². The van der Waals surface area contributed by atoms with Crippen molar-refractivity contribution in [3.8, 4) is 5.75 Å². The lowest BCUT2D eigenvalue weighted by Crippen LogP contribution is -2.30. The van der Waals surface area contributed by atoms with Crippen LogP contribution in [-0.4, -0.2) is 16.9 Å². The molecular weight excluding hydrogens is 278 g/mol. The molecule has 1 rings (SSSR count). The third-order valence-electron chi connectivity index (χ3n) is 3.02. The first-order chi connectivity index (χ1) is 8.26. The Kier molecular flexibility index (Phi) is 6.56. The topological polar surface area (TPSA) is 22.1 Å². The molecule has 1 aromatic rings. The van der Waals surface area contributed by atoms with Gasteiger partial charge in [-0.25, -0.2) is 0 Å². The van der Waals surface area contributed by atoms with Gasteiger partial charge in [-0.05, 0) is 25.0 Å². The van der Waals surface area contributed by atoms with Crippen LogP contribution in [0.25, 0.3) is 0 Å². The molecule has 0 unspecified atom stereocenters. The van der Waals surface area contributed by atoms with Crippen LogP contribution in [0.5, 0.6) is 5.75 Å². The smallest absolute Gasteiger partial charge is 0.137 e. The molecule has 2 nitrogen and oxygen atoms in total. The molecule has 0 aliphatic heterocycles. The Morgan fingerprint density at radius 2 is 2.00 bits per heavy atom. The van der Waals surface area contributed by atoms with Crippen LogP contribution in [0.4, 0.5) is 0 Å². The maximum atomic E-state index is 5.88. The minimum Gasteiger partial charge on any atom is -0.491 e. The maximum absolute atomic E-state index is 5.88. The van der Waals surface area contributed by atoms with Gasteiger partial charge in [0.2, 0.25) is 0 Å². The van der Waals surface area contributed by atoms with Crippen LogP contribution >= 0.6 is 15.9 Å². The Balaban J connectivity index is 2.59. The highest BCUT2D eigenvalue weighted by atomic mass is 79.9. The zero-order chi connectivity index (χ0) is 12.6. The van der Waals surface area contributed by atoms with E-state index in [4.69, 9.17) is 4.74 Å². The summed E-state index contributed by atoms with van der Waals surface area (Å²) in [5, 5.41) is 1.00. The van der Waals surface area contributed by atoms with Crippen LogP contribution in [-0.2, 0) is 0 Å². The lowest BCUT2D eigenvalue weighted by molar-refractivity contribution is 0.144. The van der Waals surface area contributed by atoms with E-state index in [1.54, 1.807) is 12.4 Å². The van der Waals surface area contributed by atoms with Crippen molar-refractivity contribution in [2.75, 3.05) is 11.9 Å². The molecule has 0 fully saturated rings. The van der Waals surface area contributed by atoms with Crippen molar-refractivity contribution >= 4 is 15.9 Å². The van der Waals surface area contributed by atoms with Crippen molar-refractivity contribution in [1.82, 2.24) is 4.98 Å². The van der Waals surface area contributed by atoms with Crippen molar-refractivity contribution < 1.29 is 4.74 Å². The predicted octanol–water partition coefficient (Wildman–Crippen LogP) is 4.44. The van der Waals surface area contributed by atoms with E-state index in [-0.39, 0.29) is 5.41 Å². The summed E-state index contributed by atoms with van der Waals surface area (Å²) in [6.45, 7) is 5.24. The summed E-state index contributed by atoms with van der Waals surface area (Å²) < 4.78 is 5.88. The number of aromatic nitrogens is 1. The highest BCUT2D eigenvalue weighted by Gasteiger charge is 2.28. The van der Waals surface area contributed by atoms with E-state index in [9.17, 15) is 0 Å². The second-order valence-corrected chi connectivity index (χ2v) is 5.17. The van der Waals surface area contributed by atoms with Gasteiger partial charge in [0.05, 0.1) is 12.8 Å². The van der Waals surface area contributed by atoms with Crippen LogP contribution in [0.1, 0.15) is 39.5 Å². The number of halogens is 1. The molecule has 96 valence electrons. The van der Waals surface area contributed by atoms with Gasteiger partial charge in [-0.3, -0.25) is 4.98 Å². The predicted molar refractivity (Wildman–Crippen MR) is 75.8 cm³/mol. The summed E-state index contributed by atoms with van der Waals surface area (Å²) in [5.74, 6) is 0.866. The lowest BCUT2D eigenvalue weighted by Gasteiger charge is -2.31. The van der Waals surface area contributed by atoms with Crippen molar-refractivity contribution in [3.05, 3.63) is 24.5 Å². The fourth-order valence-corrected chi connectivity index (χ4v) is 2.89. The Labute approximate surface area is 113 Å². The van der Waals surface area contributed by atoms with Crippen LogP contribution in [0.2, 0.25) is 0 Å². The van der Waals surface area contributed by atoms with Crippen molar-refractivity contribution in [1.29, 1.82) is 0 Å². The van der Waals surface area contributed by atoms with Crippen LogP contribution in [0.3, 0.4) is 0 Å². The first-order valence-electron chi connectivity index (χ1n) is 6.35. The van der Waals surface area contributed by atoms with Gasteiger partial charge in [0.1, 0.15) is 5.75 Å². The average molecular weight is 300 g/mol. The quantitative estimate of drug-likeness (QED) is 0.662. The molecule has 0 saturated carbocycles. The first kappa shape index (κ1) is 14.5. The normalized spacial score (nSPS) is 11.5. The second-order valence-electron chi connectivity index (χ2n) is 4.61. The molecule has 0 amide bonds. The van der Waals surface area contributed by atoms with Gasteiger partial charge in [-0.1, -0.05) is 42.6 Å². The fraction of sp³-hybridized carbons (Fsp3) is 0.643. The van der Waals surface area contributed by atoms with E-state index >= 15 is 0 Å². The summed E-state index contributed by atoms with van der Waals surface area (Å²) in [6, 6.07) is 3.87. The largest absolute Gasteiger partial charge is 0.491 e. The monoisotopic (exact) mass is 299 g/mol. The Morgan fingerprint density at radius 3 is 2.47 bits per heavy atom. The van der Waals surface area contributed by atoms with Crippen LogP contribution in [0.15, 0.2) is 24.5 Å². The molecule has 0 spiro atoms. The molecule has 0 N–H and O–H groups in total. The molecule has 0 aliphatic carbocycles. The minimum absolute atomic E-state index is 0.263. The van der Waals surface area contributed by atoms with E-state index in [0.29, 0.717) is 0 Å². The van der Waals surface area contributed by atoms with Crippen LogP contribution < -0.4 is 4.74 Å². The number of ether oxygens (including phenoxy) is 1. The highest BCUT2D eigenvalue weighted by molar-refractivity contribution is 9.09. The van der Waals surface area contributed by atoms with E-state index < -0.39 is 0 Å². The Morgan fingerprint density at radius 1 is 1.29 bits per heavy atom. The number of nitrogens with zero attached hydrogens (tertiary/aromatic N) is 1. The van der Waals surface area contributed by atoms with Gasteiger partial charge in [0, 0.05) is 16.9 Å². The molecule has 0 radical (unpaired) electrons. The lowest BCUT2D eigenvalue weighted by atomic mass is 9.82. The third-order valence-corrected chi connectivity index (χ3v) is 4.21. The van der Waals surface area contributed by atoms with Gasteiger partial charge in [0.25, 0.3) is 0 Å². The second kappa shape index (κ2) is 7.70. The Hall–Kier alpha value is -0.570. The van der Waals surface area contributed by atoms with E-state index in [1.165, 1.54) is 25.7 Å². The van der Waals surface area contributed by atoms with E-state index in [2.05, 4.69) is 34.8 Å². The molecule has 0 aliphatic rings. The molecule has 0 aromatic carbocycles. The summed E-state index contributed by atoms with van der Waals surface area (Å²) >= 11 is 3.65. The SMILES string of the molecule is CCCC(CBr)(CCC)COc1cccnc1. The minimum atomic E-state index is 0.263. The third kappa shape index (κ3) is 4.66. The van der Waals surface area contributed by atoms with Gasteiger partial charge in [-0.2, -0.15) is 0 Å². The van der Waals surface area contributed by atoms with Crippen molar-refractivity contribution in [2.24, 2.45) is 5.41 Å². The van der Waals surface area contributed by atoms with Gasteiger partial charge in [0.15, 0.2) is 0 Å². The zero-order valence-corrected chi connectivity index (χ0v) is 12.4. The summed E-state index contributed by atoms with van der Waals surface area (Å²) in [7, 11) is 0. The standard InChI is InChI=1S/C14H22BrNO/c1-3-7-14(11-15,8-4-2)12-17-13-6-5-9-16-10-13/h5-6,9-10H,3-4,7-8,11-12H2,1-2H3. The summed E-state index contributed by atoms with van der Waals surface area (Å²) in [6.07, 6.45) is 8.34. The fourth-order valence-electron chi connectivity index (χ4n) is 2.17. The number of hydrogen-bond donors (Lipinski definition) is 0. The molecule has 1 heterocycles. The molecule has 0 atom stereocenters. The number of pyridine rings is 1. The van der Waals surface area contributed by atoms with Gasteiger partial charge in [-0.15, -0.1) is 0 Å². The Bertz CT molecular complexity index is 296. The highest BCUT2D eigenvalue weighted by Crippen LogP contribution is 2.32. The maximum Gasteiger partial charge on any atom is 0.137 e. The number of rotatable bonds is 8. The number of alkyl halides is 1. The molecule has 3 heteroatoms. The molecule has 0 bridgehead atoms. The zero-order valence-electron chi connectivity index (χ0n) is 10.8.